The summed E-state index contributed by atoms with van der Waals surface area (Å²) in [5.41, 5.74) is 1.17. The van der Waals surface area contributed by atoms with E-state index in [2.05, 4.69) is 19.9 Å². The molecule has 1 aliphatic carbocycles. The molecular weight excluding hydrogens is 199 g/mol. The maximum absolute atomic E-state index is 13.2. The average Bonchev–Trinajstić information content (AvgIpc) is 2.29. The smallest absolute Gasteiger partial charge is 0.123 e. The van der Waals surface area contributed by atoms with Crippen molar-refractivity contribution in [2.75, 3.05) is 0 Å². The van der Waals surface area contributed by atoms with E-state index in [0.29, 0.717) is 5.92 Å². The molecule has 88 valence electrons. The lowest BCUT2D eigenvalue weighted by Gasteiger charge is -2.33. The molecule has 0 saturated heterocycles. The third kappa shape index (κ3) is 2.45. The standard InChI is InChI=1S/C15H21F/c1-11-6-3-4-9-15(11)12(2)13-7-5-8-14(16)10-13/h5,7-8,10-12,15H,3-4,6,9H2,1-2H3. The van der Waals surface area contributed by atoms with Crippen LogP contribution in [0.25, 0.3) is 0 Å². The summed E-state index contributed by atoms with van der Waals surface area (Å²) in [4.78, 5) is 0. The first-order chi connectivity index (χ1) is 7.68. The molecule has 0 aliphatic heterocycles. The summed E-state index contributed by atoms with van der Waals surface area (Å²) >= 11 is 0. The first-order valence-corrected chi connectivity index (χ1v) is 6.44. The highest BCUT2D eigenvalue weighted by molar-refractivity contribution is 5.21. The number of halogens is 1. The zero-order valence-electron chi connectivity index (χ0n) is 10.2. The molecule has 1 saturated carbocycles. The van der Waals surface area contributed by atoms with Gasteiger partial charge in [-0.3, -0.25) is 0 Å². The molecule has 0 nitrogen and oxygen atoms in total. The second kappa shape index (κ2) is 4.99. The summed E-state index contributed by atoms with van der Waals surface area (Å²) in [6, 6.07) is 7.12. The van der Waals surface area contributed by atoms with Gasteiger partial charge < -0.3 is 0 Å². The first-order valence-electron chi connectivity index (χ1n) is 6.44. The molecule has 0 N–H and O–H groups in total. The van der Waals surface area contributed by atoms with E-state index in [0.717, 1.165) is 11.8 Å². The van der Waals surface area contributed by atoms with Crippen molar-refractivity contribution in [2.24, 2.45) is 11.8 Å². The third-order valence-corrected chi connectivity index (χ3v) is 4.19. The van der Waals surface area contributed by atoms with Gasteiger partial charge in [-0.25, -0.2) is 4.39 Å². The minimum Gasteiger partial charge on any atom is -0.207 e. The van der Waals surface area contributed by atoms with E-state index in [1.54, 1.807) is 6.07 Å². The average molecular weight is 220 g/mol. The molecule has 3 atom stereocenters. The quantitative estimate of drug-likeness (QED) is 0.674. The number of benzene rings is 1. The summed E-state index contributed by atoms with van der Waals surface area (Å²) in [7, 11) is 0. The molecule has 16 heavy (non-hydrogen) atoms. The van der Waals surface area contributed by atoms with Crippen molar-refractivity contribution in [3.8, 4) is 0 Å². The van der Waals surface area contributed by atoms with Gasteiger partial charge in [0.2, 0.25) is 0 Å². The highest BCUT2D eigenvalue weighted by atomic mass is 19.1. The second-order valence-electron chi connectivity index (χ2n) is 5.27. The van der Waals surface area contributed by atoms with E-state index in [-0.39, 0.29) is 5.82 Å². The van der Waals surface area contributed by atoms with Crippen molar-refractivity contribution in [3.05, 3.63) is 35.6 Å². The van der Waals surface area contributed by atoms with E-state index in [9.17, 15) is 4.39 Å². The van der Waals surface area contributed by atoms with Gasteiger partial charge in [0.25, 0.3) is 0 Å². The van der Waals surface area contributed by atoms with Gasteiger partial charge in [0.1, 0.15) is 5.82 Å². The number of hydrogen-bond acceptors (Lipinski definition) is 0. The van der Waals surface area contributed by atoms with Crippen LogP contribution in [0.15, 0.2) is 24.3 Å². The van der Waals surface area contributed by atoms with Crippen LogP contribution in [0, 0.1) is 17.7 Å². The Balaban J connectivity index is 2.14. The van der Waals surface area contributed by atoms with Gasteiger partial charge in [-0.15, -0.1) is 0 Å². The minimum absolute atomic E-state index is 0.104. The molecule has 1 fully saturated rings. The normalized spacial score (nSPS) is 27.7. The summed E-state index contributed by atoms with van der Waals surface area (Å²) < 4.78 is 13.2. The molecule has 1 aliphatic rings. The van der Waals surface area contributed by atoms with Crippen LogP contribution < -0.4 is 0 Å². The third-order valence-electron chi connectivity index (χ3n) is 4.19. The van der Waals surface area contributed by atoms with E-state index >= 15 is 0 Å². The topological polar surface area (TPSA) is 0 Å². The minimum atomic E-state index is -0.104. The lowest BCUT2D eigenvalue weighted by Crippen LogP contribution is -2.22. The Morgan fingerprint density at radius 1 is 1.25 bits per heavy atom. The predicted molar refractivity (Wildman–Crippen MR) is 65.9 cm³/mol. The van der Waals surface area contributed by atoms with Gasteiger partial charge in [-0.2, -0.15) is 0 Å². The van der Waals surface area contributed by atoms with Crippen LogP contribution in [0.1, 0.15) is 51.0 Å². The molecule has 0 aromatic heterocycles. The molecule has 1 aromatic carbocycles. The van der Waals surface area contributed by atoms with Crippen LogP contribution >= 0.6 is 0 Å². The van der Waals surface area contributed by atoms with Gasteiger partial charge >= 0.3 is 0 Å². The predicted octanol–water partition coefficient (Wildman–Crippen LogP) is 4.76. The largest absolute Gasteiger partial charge is 0.207 e. The zero-order valence-corrected chi connectivity index (χ0v) is 10.2. The van der Waals surface area contributed by atoms with Crippen molar-refractivity contribution in [2.45, 2.75) is 45.4 Å². The van der Waals surface area contributed by atoms with E-state index in [1.165, 1.54) is 37.3 Å². The van der Waals surface area contributed by atoms with Crippen LogP contribution in [0.5, 0.6) is 0 Å². The van der Waals surface area contributed by atoms with Crippen LogP contribution in [-0.4, -0.2) is 0 Å². The monoisotopic (exact) mass is 220 g/mol. The zero-order chi connectivity index (χ0) is 11.5. The molecule has 1 aromatic rings. The molecule has 0 amide bonds. The van der Waals surface area contributed by atoms with E-state index < -0.39 is 0 Å². The Bertz CT molecular complexity index is 345. The Morgan fingerprint density at radius 2 is 2.00 bits per heavy atom. The van der Waals surface area contributed by atoms with Crippen LogP contribution in [0.4, 0.5) is 4.39 Å². The molecule has 0 heterocycles. The Labute approximate surface area is 97.9 Å². The van der Waals surface area contributed by atoms with Gasteiger partial charge in [0, 0.05) is 0 Å². The highest BCUT2D eigenvalue weighted by Crippen LogP contribution is 2.39. The van der Waals surface area contributed by atoms with Crippen LogP contribution in [0.3, 0.4) is 0 Å². The fourth-order valence-electron chi connectivity index (χ4n) is 3.12. The summed E-state index contributed by atoms with van der Waals surface area (Å²) in [5, 5.41) is 0. The molecule has 0 bridgehead atoms. The number of rotatable bonds is 2. The molecule has 0 spiro atoms. The van der Waals surface area contributed by atoms with Crippen molar-refractivity contribution < 1.29 is 4.39 Å². The summed E-state index contributed by atoms with van der Waals surface area (Å²) in [6.07, 6.45) is 5.35. The van der Waals surface area contributed by atoms with Gasteiger partial charge in [0.15, 0.2) is 0 Å². The van der Waals surface area contributed by atoms with E-state index in [1.807, 2.05) is 6.07 Å². The van der Waals surface area contributed by atoms with Crippen molar-refractivity contribution in [3.63, 3.8) is 0 Å². The van der Waals surface area contributed by atoms with E-state index in [4.69, 9.17) is 0 Å². The lowest BCUT2D eigenvalue weighted by atomic mass is 9.72. The van der Waals surface area contributed by atoms with Gasteiger partial charge in [0.05, 0.1) is 0 Å². The van der Waals surface area contributed by atoms with Crippen LogP contribution in [0.2, 0.25) is 0 Å². The molecular formula is C15H21F. The highest BCUT2D eigenvalue weighted by Gasteiger charge is 2.27. The maximum atomic E-state index is 13.2. The SMILES string of the molecule is CC1CCCCC1C(C)c1cccc(F)c1. The summed E-state index contributed by atoms with van der Waals surface area (Å²) in [5.74, 6) is 1.90. The Morgan fingerprint density at radius 3 is 2.69 bits per heavy atom. The summed E-state index contributed by atoms with van der Waals surface area (Å²) in [6.45, 7) is 4.60. The van der Waals surface area contributed by atoms with Crippen LogP contribution in [-0.2, 0) is 0 Å². The van der Waals surface area contributed by atoms with Crippen molar-refractivity contribution in [1.82, 2.24) is 0 Å². The first kappa shape index (κ1) is 11.6. The van der Waals surface area contributed by atoms with Crippen molar-refractivity contribution in [1.29, 1.82) is 0 Å². The molecule has 2 rings (SSSR count). The Hall–Kier alpha value is -0.850. The molecule has 1 heteroatoms. The Kier molecular flexibility index (Phi) is 3.63. The molecule has 0 radical (unpaired) electrons. The fourth-order valence-corrected chi connectivity index (χ4v) is 3.12. The van der Waals surface area contributed by atoms with Crippen molar-refractivity contribution >= 4 is 0 Å². The number of hydrogen-bond donors (Lipinski definition) is 0. The van der Waals surface area contributed by atoms with Gasteiger partial charge in [-0.1, -0.05) is 45.2 Å². The lowest BCUT2D eigenvalue weighted by molar-refractivity contribution is 0.224. The second-order valence-corrected chi connectivity index (χ2v) is 5.27. The maximum Gasteiger partial charge on any atom is 0.123 e. The molecule has 3 unspecified atom stereocenters. The fraction of sp³-hybridized carbons (Fsp3) is 0.600. The van der Waals surface area contributed by atoms with Gasteiger partial charge in [-0.05, 0) is 41.9 Å².